The van der Waals surface area contributed by atoms with Gasteiger partial charge in [0.15, 0.2) is 5.82 Å². The first-order chi connectivity index (χ1) is 12.6. The number of rotatable bonds is 8. The quantitative estimate of drug-likeness (QED) is 0.688. The number of hydrogen-bond acceptors (Lipinski definition) is 6. The van der Waals surface area contributed by atoms with E-state index in [4.69, 9.17) is 9.47 Å². The monoisotopic (exact) mass is 359 g/mol. The van der Waals surface area contributed by atoms with Crippen molar-refractivity contribution in [2.24, 2.45) is 0 Å². The molecule has 0 radical (unpaired) electrons. The minimum atomic E-state index is -0.728. The highest BCUT2D eigenvalue weighted by Gasteiger charge is 2.35. The number of carbonyl (C=O) groups excluding carboxylic acids is 2. The Labute approximate surface area is 150 Å². The van der Waals surface area contributed by atoms with Crippen LogP contribution in [0.1, 0.15) is 23.9 Å². The maximum Gasteiger partial charge on any atom is 0.252 e. The van der Waals surface area contributed by atoms with Crippen molar-refractivity contribution in [2.75, 3.05) is 31.0 Å². The van der Waals surface area contributed by atoms with Gasteiger partial charge >= 0.3 is 0 Å². The zero-order chi connectivity index (χ0) is 18.5. The van der Waals surface area contributed by atoms with E-state index in [1.807, 2.05) is 31.2 Å². The summed E-state index contributed by atoms with van der Waals surface area (Å²) in [6.45, 7) is 3.02. The van der Waals surface area contributed by atoms with Gasteiger partial charge in [0, 0.05) is 12.8 Å². The van der Waals surface area contributed by atoms with E-state index in [2.05, 4.69) is 20.7 Å². The van der Waals surface area contributed by atoms with E-state index in [0.29, 0.717) is 25.0 Å². The largest absolute Gasteiger partial charge is 0.382 e. The average molecular weight is 359 g/mol. The first kappa shape index (κ1) is 18.0. The Morgan fingerprint density at radius 3 is 2.92 bits per heavy atom. The van der Waals surface area contributed by atoms with Crippen molar-refractivity contribution in [1.82, 2.24) is 14.8 Å². The molecule has 9 heteroatoms. The van der Waals surface area contributed by atoms with Crippen LogP contribution in [0.2, 0.25) is 0 Å². The molecule has 2 heterocycles. The molecule has 2 amide bonds. The minimum Gasteiger partial charge on any atom is -0.382 e. The maximum atomic E-state index is 12.3. The summed E-state index contributed by atoms with van der Waals surface area (Å²) in [5.41, 5.74) is 1.68. The summed E-state index contributed by atoms with van der Waals surface area (Å²) >= 11 is 0. The van der Waals surface area contributed by atoms with Crippen LogP contribution >= 0.6 is 0 Å². The Hall–Kier alpha value is -2.78. The molecule has 1 atom stereocenters. The van der Waals surface area contributed by atoms with Gasteiger partial charge in [0.2, 0.25) is 11.9 Å². The summed E-state index contributed by atoms with van der Waals surface area (Å²) in [6, 6.07) is 6.74. The molecule has 1 aliphatic heterocycles. The molecule has 0 saturated carbocycles. The van der Waals surface area contributed by atoms with Gasteiger partial charge in [-0.3, -0.25) is 14.9 Å². The second-order valence-corrected chi connectivity index (χ2v) is 5.91. The second kappa shape index (κ2) is 8.07. The number of methoxy groups -OCH3 is 1. The Bertz CT molecular complexity index is 804. The van der Waals surface area contributed by atoms with Crippen molar-refractivity contribution < 1.29 is 19.1 Å². The van der Waals surface area contributed by atoms with Gasteiger partial charge in [-0.05, 0) is 18.6 Å². The highest BCUT2D eigenvalue weighted by Crippen LogP contribution is 2.26. The number of para-hydroxylation sites is 1. The SMILES string of the molecule is COCCOCc1nc2n(n1)[C@H](CC(=O)Nc1ccccc1C)C(=O)N2. The lowest BCUT2D eigenvalue weighted by Crippen LogP contribution is -2.24. The summed E-state index contributed by atoms with van der Waals surface area (Å²) in [6.07, 6.45) is -0.0273. The first-order valence-electron chi connectivity index (χ1n) is 8.27. The number of nitrogens with zero attached hydrogens (tertiary/aromatic N) is 3. The molecule has 0 bridgehead atoms. The summed E-state index contributed by atoms with van der Waals surface area (Å²) in [5.74, 6) is 0.210. The van der Waals surface area contributed by atoms with Gasteiger partial charge in [0.25, 0.3) is 5.91 Å². The Morgan fingerprint density at radius 1 is 1.35 bits per heavy atom. The molecule has 1 aromatic carbocycles. The topological polar surface area (TPSA) is 107 Å². The molecular formula is C17H21N5O4. The number of aromatic nitrogens is 3. The predicted octanol–water partition coefficient (Wildman–Crippen LogP) is 1.27. The van der Waals surface area contributed by atoms with Gasteiger partial charge < -0.3 is 14.8 Å². The van der Waals surface area contributed by atoms with E-state index >= 15 is 0 Å². The smallest absolute Gasteiger partial charge is 0.252 e. The van der Waals surface area contributed by atoms with E-state index in [-0.39, 0.29) is 24.8 Å². The third kappa shape index (κ3) is 4.06. The number of carbonyl (C=O) groups is 2. The molecule has 26 heavy (non-hydrogen) atoms. The predicted molar refractivity (Wildman–Crippen MR) is 93.6 cm³/mol. The van der Waals surface area contributed by atoms with Gasteiger partial charge in [0.1, 0.15) is 12.6 Å². The van der Waals surface area contributed by atoms with Gasteiger partial charge in [0.05, 0.1) is 19.6 Å². The van der Waals surface area contributed by atoms with Gasteiger partial charge in [-0.1, -0.05) is 18.2 Å². The number of amides is 2. The zero-order valence-corrected chi connectivity index (χ0v) is 14.7. The van der Waals surface area contributed by atoms with Crippen LogP contribution in [0.25, 0.3) is 0 Å². The number of nitrogens with one attached hydrogen (secondary N) is 2. The van der Waals surface area contributed by atoms with Gasteiger partial charge in [-0.15, -0.1) is 0 Å². The van der Waals surface area contributed by atoms with E-state index < -0.39 is 6.04 Å². The van der Waals surface area contributed by atoms with Crippen LogP contribution in [0.5, 0.6) is 0 Å². The number of hydrogen-bond donors (Lipinski definition) is 2. The minimum absolute atomic E-state index is 0.0273. The molecule has 138 valence electrons. The van der Waals surface area contributed by atoms with Crippen LogP contribution in [0.4, 0.5) is 11.6 Å². The summed E-state index contributed by atoms with van der Waals surface area (Å²) in [5, 5.41) is 9.74. The van der Waals surface area contributed by atoms with Crippen LogP contribution in [0.3, 0.4) is 0 Å². The number of ether oxygens (including phenoxy) is 2. The van der Waals surface area contributed by atoms with Crippen molar-refractivity contribution >= 4 is 23.5 Å². The molecule has 2 N–H and O–H groups in total. The third-order valence-corrected chi connectivity index (χ3v) is 3.97. The number of aryl methyl sites for hydroxylation is 1. The molecule has 0 saturated heterocycles. The van der Waals surface area contributed by atoms with Gasteiger partial charge in [-0.2, -0.15) is 10.1 Å². The van der Waals surface area contributed by atoms with E-state index in [1.54, 1.807) is 7.11 Å². The molecule has 0 spiro atoms. The normalized spacial score (nSPS) is 15.6. The third-order valence-electron chi connectivity index (χ3n) is 3.97. The van der Waals surface area contributed by atoms with Crippen LogP contribution < -0.4 is 10.6 Å². The lowest BCUT2D eigenvalue weighted by Gasteiger charge is -2.11. The Morgan fingerprint density at radius 2 is 2.15 bits per heavy atom. The zero-order valence-electron chi connectivity index (χ0n) is 14.7. The Balaban J connectivity index is 1.62. The number of benzene rings is 1. The van der Waals surface area contributed by atoms with Crippen molar-refractivity contribution in [3.8, 4) is 0 Å². The van der Waals surface area contributed by atoms with Crippen LogP contribution in [0.15, 0.2) is 24.3 Å². The highest BCUT2D eigenvalue weighted by molar-refractivity contribution is 6.01. The summed E-state index contributed by atoms with van der Waals surface area (Å²) in [4.78, 5) is 28.7. The average Bonchev–Trinajstić information content (AvgIpc) is 3.12. The molecule has 9 nitrogen and oxygen atoms in total. The molecule has 0 fully saturated rings. The van der Waals surface area contributed by atoms with Gasteiger partial charge in [-0.25, -0.2) is 4.68 Å². The van der Waals surface area contributed by atoms with Crippen molar-refractivity contribution in [3.63, 3.8) is 0 Å². The Kier molecular flexibility index (Phi) is 5.59. The van der Waals surface area contributed by atoms with Crippen molar-refractivity contribution in [2.45, 2.75) is 26.0 Å². The molecule has 3 rings (SSSR count). The fraction of sp³-hybridized carbons (Fsp3) is 0.412. The molecule has 2 aromatic rings. The van der Waals surface area contributed by atoms with E-state index in [1.165, 1.54) is 4.68 Å². The lowest BCUT2D eigenvalue weighted by molar-refractivity contribution is -0.123. The number of fused-ring (bicyclic) bond motifs is 1. The fourth-order valence-corrected chi connectivity index (χ4v) is 2.61. The number of anilines is 2. The molecule has 1 aromatic heterocycles. The second-order valence-electron chi connectivity index (χ2n) is 5.91. The van der Waals surface area contributed by atoms with Crippen LogP contribution in [-0.4, -0.2) is 46.9 Å². The molecule has 1 aliphatic rings. The van der Waals surface area contributed by atoms with Crippen LogP contribution in [-0.2, 0) is 25.7 Å². The van der Waals surface area contributed by atoms with E-state index in [9.17, 15) is 9.59 Å². The van der Waals surface area contributed by atoms with Crippen molar-refractivity contribution in [3.05, 3.63) is 35.7 Å². The maximum absolute atomic E-state index is 12.3. The lowest BCUT2D eigenvalue weighted by atomic mass is 10.1. The first-order valence-corrected chi connectivity index (χ1v) is 8.27. The molecule has 0 aliphatic carbocycles. The standard InChI is InChI=1S/C17H21N5O4/c1-11-5-3-4-6-12(11)18-15(23)9-13-16(24)20-17-19-14(21-22(13)17)10-26-8-7-25-2/h3-6,13H,7-10H2,1-2H3,(H,18,23)(H,19,20,21,24)/t13-/m1/s1. The highest BCUT2D eigenvalue weighted by atomic mass is 16.5. The molecule has 0 unspecified atom stereocenters. The van der Waals surface area contributed by atoms with E-state index in [0.717, 1.165) is 11.3 Å². The van der Waals surface area contributed by atoms with Crippen LogP contribution in [0, 0.1) is 6.92 Å². The summed E-state index contributed by atoms with van der Waals surface area (Å²) < 4.78 is 11.7. The summed E-state index contributed by atoms with van der Waals surface area (Å²) in [7, 11) is 1.59. The van der Waals surface area contributed by atoms with Crippen molar-refractivity contribution in [1.29, 1.82) is 0 Å². The fourth-order valence-electron chi connectivity index (χ4n) is 2.61. The molecular weight excluding hydrogens is 338 g/mol.